The van der Waals surface area contributed by atoms with Gasteiger partial charge in [0.15, 0.2) is 0 Å². The van der Waals surface area contributed by atoms with Crippen LogP contribution in [0.3, 0.4) is 0 Å². The largest absolute Gasteiger partial charge is 0.309 e. The molecule has 0 unspecified atom stereocenters. The Morgan fingerprint density at radius 3 is 1.67 bits per heavy atom. The Kier molecular flexibility index (Phi) is 6.98. The van der Waals surface area contributed by atoms with Crippen LogP contribution in [0.25, 0.3) is 121 Å². The number of benzene rings is 10. The maximum Gasteiger partial charge on any atom is 0.0979 e. The van der Waals surface area contributed by atoms with Crippen molar-refractivity contribution in [2.24, 2.45) is 0 Å². The summed E-state index contributed by atoms with van der Waals surface area (Å²) in [5, 5.41) is 12.1. The van der Waals surface area contributed by atoms with Gasteiger partial charge in [0, 0.05) is 49.3 Å². The van der Waals surface area contributed by atoms with Crippen molar-refractivity contribution in [1.29, 1.82) is 0 Å². The average molecular weight is 763 g/mol. The fourth-order valence-corrected chi connectivity index (χ4v) is 9.82. The van der Waals surface area contributed by atoms with Crippen molar-refractivity contribution >= 4 is 87.0 Å². The monoisotopic (exact) mass is 762 g/mol. The van der Waals surface area contributed by atoms with Gasteiger partial charge in [0.1, 0.15) is 0 Å². The number of para-hydroxylation sites is 2. The summed E-state index contributed by atoms with van der Waals surface area (Å²) in [6, 6.07) is 72.4. The molecule has 0 spiro atoms. The zero-order valence-electron chi connectivity index (χ0n) is 32.4. The fraction of sp³-hybridized carbons (Fsp3) is 0. The van der Waals surface area contributed by atoms with Crippen LogP contribution >= 0.6 is 0 Å². The van der Waals surface area contributed by atoms with Crippen LogP contribution in [0.2, 0.25) is 0 Å². The summed E-state index contributed by atoms with van der Waals surface area (Å²) < 4.78 is 4.79. The minimum Gasteiger partial charge on any atom is -0.309 e. The van der Waals surface area contributed by atoms with Crippen LogP contribution in [0.15, 0.2) is 206 Å². The highest BCUT2D eigenvalue weighted by Gasteiger charge is 2.19. The number of hydrogen-bond donors (Lipinski definition) is 0. The lowest BCUT2D eigenvalue weighted by Crippen LogP contribution is -1.96. The van der Waals surface area contributed by atoms with E-state index in [4.69, 9.17) is 9.97 Å². The smallest absolute Gasteiger partial charge is 0.0979 e. The molecule has 0 aliphatic heterocycles. The second kappa shape index (κ2) is 12.7. The lowest BCUT2D eigenvalue weighted by atomic mass is 9.99. The van der Waals surface area contributed by atoms with Gasteiger partial charge in [0.05, 0.1) is 45.0 Å². The fourth-order valence-electron chi connectivity index (χ4n) is 9.82. The number of fused-ring (bicyclic) bond motifs is 14. The van der Waals surface area contributed by atoms with Crippen LogP contribution in [0.5, 0.6) is 0 Å². The van der Waals surface area contributed by atoms with E-state index in [1.807, 2.05) is 6.20 Å². The van der Waals surface area contributed by atoms with Gasteiger partial charge in [0.2, 0.25) is 0 Å². The summed E-state index contributed by atoms with van der Waals surface area (Å²) in [4.78, 5) is 10.4. The molecule has 3 aromatic heterocycles. The van der Waals surface area contributed by atoms with Gasteiger partial charge in [-0.05, 0) is 93.3 Å². The molecule has 278 valence electrons. The molecule has 10 aromatic carbocycles. The third kappa shape index (κ3) is 4.79. The Morgan fingerprint density at radius 2 is 0.883 bits per heavy atom. The van der Waals surface area contributed by atoms with E-state index in [0.29, 0.717) is 0 Å². The standard InChI is InChI=1S/C56H34N4/c1-2-15-39(16-3-1)59-50-24-11-10-21-44(50)47-32-36(26-28-51(47)59)37-27-29-52-48(33-37)54-41-18-5-4-13-35(41)25-30-53(54)60(52)40-17-12-14-38(31-40)49-34-57-55-45-22-8-6-19-42(45)43-20-7-9-23-46(43)56(55)58-49/h1-34H. The predicted octanol–water partition coefficient (Wildman–Crippen LogP) is 14.6. The van der Waals surface area contributed by atoms with Crippen LogP contribution in [-0.4, -0.2) is 19.1 Å². The van der Waals surface area contributed by atoms with E-state index in [0.717, 1.165) is 50.0 Å². The molecule has 0 amide bonds. The molecule has 0 radical (unpaired) electrons. The molecule has 13 rings (SSSR count). The third-order valence-electron chi connectivity index (χ3n) is 12.5. The summed E-state index contributed by atoms with van der Waals surface area (Å²) in [6.45, 7) is 0. The number of hydrogen-bond acceptors (Lipinski definition) is 2. The normalized spacial score (nSPS) is 12.0. The predicted molar refractivity (Wildman–Crippen MR) is 252 cm³/mol. The van der Waals surface area contributed by atoms with Crippen molar-refractivity contribution in [2.45, 2.75) is 0 Å². The second-order valence-electron chi connectivity index (χ2n) is 15.8. The summed E-state index contributed by atoms with van der Waals surface area (Å²) in [6.07, 6.45) is 1.93. The minimum absolute atomic E-state index is 0.849. The van der Waals surface area contributed by atoms with Crippen molar-refractivity contribution in [3.8, 4) is 33.8 Å². The molecular formula is C56H34N4. The van der Waals surface area contributed by atoms with Crippen molar-refractivity contribution < 1.29 is 0 Å². The summed E-state index contributed by atoms with van der Waals surface area (Å²) in [7, 11) is 0. The maximum absolute atomic E-state index is 5.34. The van der Waals surface area contributed by atoms with Gasteiger partial charge in [-0.1, -0.05) is 140 Å². The molecule has 4 nitrogen and oxygen atoms in total. The molecule has 13 aromatic rings. The maximum atomic E-state index is 5.34. The van der Waals surface area contributed by atoms with Crippen molar-refractivity contribution in [3.05, 3.63) is 206 Å². The molecule has 0 N–H and O–H groups in total. The van der Waals surface area contributed by atoms with E-state index in [1.165, 1.54) is 70.8 Å². The first-order valence-electron chi connectivity index (χ1n) is 20.5. The van der Waals surface area contributed by atoms with Crippen LogP contribution in [0, 0.1) is 0 Å². The molecular weight excluding hydrogens is 729 g/mol. The van der Waals surface area contributed by atoms with Gasteiger partial charge >= 0.3 is 0 Å². The van der Waals surface area contributed by atoms with Crippen LogP contribution < -0.4 is 0 Å². The highest BCUT2D eigenvalue weighted by molar-refractivity contribution is 6.24. The molecule has 4 heteroatoms. The van der Waals surface area contributed by atoms with Gasteiger partial charge in [-0.3, -0.25) is 4.98 Å². The van der Waals surface area contributed by atoms with Gasteiger partial charge in [-0.25, -0.2) is 4.98 Å². The second-order valence-corrected chi connectivity index (χ2v) is 15.8. The lowest BCUT2D eigenvalue weighted by molar-refractivity contribution is 1.18. The van der Waals surface area contributed by atoms with E-state index in [9.17, 15) is 0 Å². The van der Waals surface area contributed by atoms with E-state index in [-0.39, 0.29) is 0 Å². The molecule has 0 saturated heterocycles. The lowest BCUT2D eigenvalue weighted by Gasteiger charge is -2.12. The van der Waals surface area contributed by atoms with Gasteiger partial charge in [-0.2, -0.15) is 0 Å². The molecule has 0 bridgehead atoms. The van der Waals surface area contributed by atoms with Gasteiger partial charge < -0.3 is 9.13 Å². The first kappa shape index (κ1) is 32.9. The first-order valence-corrected chi connectivity index (χ1v) is 20.5. The molecule has 0 saturated carbocycles. The first-order chi connectivity index (χ1) is 29.8. The Balaban J connectivity index is 1.00. The van der Waals surface area contributed by atoms with Crippen LogP contribution in [0.1, 0.15) is 0 Å². The highest BCUT2D eigenvalue weighted by Crippen LogP contribution is 2.41. The van der Waals surface area contributed by atoms with Gasteiger partial charge in [-0.15, -0.1) is 0 Å². The quantitative estimate of drug-likeness (QED) is 0.167. The van der Waals surface area contributed by atoms with Gasteiger partial charge in [0.25, 0.3) is 0 Å². The molecule has 0 aliphatic carbocycles. The summed E-state index contributed by atoms with van der Waals surface area (Å²) in [5.74, 6) is 0. The number of rotatable bonds is 4. The molecule has 0 atom stereocenters. The van der Waals surface area contributed by atoms with Crippen molar-refractivity contribution in [2.75, 3.05) is 0 Å². The molecule has 0 fully saturated rings. The average Bonchev–Trinajstić information content (AvgIpc) is 3.84. The zero-order valence-corrected chi connectivity index (χ0v) is 32.4. The third-order valence-corrected chi connectivity index (χ3v) is 12.5. The Morgan fingerprint density at radius 1 is 0.317 bits per heavy atom. The molecule has 0 aliphatic rings. The van der Waals surface area contributed by atoms with E-state index < -0.39 is 0 Å². The Bertz CT molecular complexity index is 3860. The number of aromatic nitrogens is 4. The Labute approximate surface area is 344 Å². The van der Waals surface area contributed by atoms with Crippen molar-refractivity contribution in [1.82, 2.24) is 19.1 Å². The van der Waals surface area contributed by atoms with E-state index in [1.54, 1.807) is 0 Å². The summed E-state index contributed by atoms with van der Waals surface area (Å²) >= 11 is 0. The topological polar surface area (TPSA) is 35.6 Å². The van der Waals surface area contributed by atoms with E-state index in [2.05, 4.69) is 209 Å². The van der Waals surface area contributed by atoms with Crippen LogP contribution in [0.4, 0.5) is 0 Å². The van der Waals surface area contributed by atoms with Crippen LogP contribution in [-0.2, 0) is 0 Å². The SMILES string of the molecule is c1ccc(-n2c3ccccc3c3cc(-c4ccc5c(c4)c4c6ccccc6ccc4n5-c4cccc(-c5cnc6c7ccccc7c7ccccc7c6n5)c4)ccc32)cc1. The molecule has 3 heterocycles. The van der Waals surface area contributed by atoms with Crippen molar-refractivity contribution in [3.63, 3.8) is 0 Å². The molecule has 60 heavy (non-hydrogen) atoms. The van der Waals surface area contributed by atoms with E-state index >= 15 is 0 Å². The Hall–Kier alpha value is -8.08. The summed E-state index contributed by atoms with van der Waals surface area (Å²) in [5.41, 5.74) is 13.1. The highest BCUT2D eigenvalue weighted by atomic mass is 15.0. The minimum atomic E-state index is 0.849. The zero-order chi connectivity index (χ0) is 39.3. The number of nitrogens with zero attached hydrogens (tertiary/aromatic N) is 4.